The van der Waals surface area contributed by atoms with Crippen LogP contribution in [0, 0.1) is 0 Å². The molecule has 0 aliphatic carbocycles. The minimum atomic E-state index is -4.96. The predicted octanol–water partition coefficient (Wildman–Crippen LogP) is 1.57. The SMILES string of the molecule is O=C1C=CC(=O)N1CCNS(=O)(=O)c1ccc(C2=c3cc4c5c(c3Oc3c2cc2c6c3CCCN6CCC2)CCC[N+]=5CCC4)c(S(=O)(=O)O)c1. The fraction of sp³-hybridized carbons (Fsp3) is 0.378. The number of carbonyl (C=O) groups is 2. The van der Waals surface area contributed by atoms with Gasteiger partial charge in [0.2, 0.25) is 15.4 Å². The Labute approximate surface area is 295 Å². The van der Waals surface area contributed by atoms with Crippen molar-refractivity contribution in [3.63, 3.8) is 0 Å². The first-order valence-electron chi connectivity index (χ1n) is 17.6. The Bertz CT molecular complexity index is 2470. The molecule has 0 saturated heterocycles. The summed E-state index contributed by atoms with van der Waals surface area (Å²) in [7, 11) is -9.28. The molecule has 0 aromatic heterocycles. The Kier molecular flexibility index (Phi) is 7.55. The maximum Gasteiger partial charge on any atom is 0.295 e. The van der Waals surface area contributed by atoms with Crippen LogP contribution < -0.4 is 29.5 Å². The van der Waals surface area contributed by atoms with E-state index in [2.05, 4.69) is 26.3 Å². The van der Waals surface area contributed by atoms with Gasteiger partial charge >= 0.3 is 0 Å². The maximum atomic E-state index is 13.5. The lowest BCUT2D eigenvalue weighted by Crippen LogP contribution is -2.45. The summed E-state index contributed by atoms with van der Waals surface area (Å²) in [6, 6.07) is 7.99. The number of carbonyl (C=O) groups excluding carboxylic acids is 2. The van der Waals surface area contributed by atoms with E-state index in [0.29, 0.717) is 17.1 Å². The van der Waals surface area contributed by atoms with E-state index in [1.54, 1.807) is 0 Å². The third-order valence-corrected chi connectivity index (χ3v) is 13.4. The Balaban J connectivity index is 1.25. The van der Waals surface area contributed by atoms with Crippen molar-refractivity contribution in [2.24, 2.45) is 0 Å². The van der Waals surface area contributed by atoms with Crippen molar-refractivity contribution in [3.8, 4) is 11.5 Å². The highest BCUT2D eigenvalue weighted by atomic mass is 32.2. The molecule has 3 aromatic carbocycles. The Morgan fingerprint density at radius 2 is 1.51 bits per heavy atom. The molecule has 0 saturated carbocycles. The molecule has 6 heterocycles. The van der Waals surface area contributed by atoms with Gasteiger partial charge in [-0.1, -0.05) is 6.07 Å². The average molecular weight is 730 g/mol. The van der Waals surface area contributed by atoms with E-state index in [0.717, 1.165) is 123 Å². The monoisotopic (exact) mass is 729 g/mol. The molecule has 12 nitrogen and oxygen atoms in total. The largest absolute Gasteiger partial charge is 0.455 e. The number of nitrogens with zero attached hydrogens (tertiary/aromatic N) is 3. The first kappa shape index (κ1) is 32.5. The quantitative estimate of drug-likeness (QED) is 0.164. The van der Waals surface area contributed by atoms with Crippen molar-refractivity contribution >= 4 is 43.2 Å². The number of benzene rings is 3. The van der Waals surface area contributed by atoms with Crippen LogP contribution in [0.25, 0.3) is 5.57 Å². The van der Waals surface area contributed by atoms with Crippen LogP contribution >= 0.6 is 0 Å². The van der Waals surface area contributed by atoms with E-state index in [1.807, 2.05) is 0 Å². The van der Waals surface area contributed by atoms with E-state index in [4.69, 9.17) is 4.74 Å². The zero-order valence-corrected chi connectivity index (χ0v) is 29.5. The molecule has 0 spiro atoms. The number of nitrogens with one attached hydrogen (secondary N) is 1. The zero-order chi connectivity index (χ0) is 35.2. The minimum absolute atomic E-state index is 0.188. The van der Waals surface area contributed by atoms with Crippen molar-refractivity contribution in [1.82, 2.24) is 14.2 Å². The van der Waals surface area contributed by atoms with Crippen LogP contribution in [0.3, 0.4) is 0 Å². The lowest BCUT2D eigenvalue weighted by atomic mass is 9.82. The van der Waals surface area contributed by atoms with Crippen LogP contribution in [-0.4, -0.2) is 77.4 Å². The van der Waals surface area contributed by atoms with Crippen LogP contribution in [0.2, 0.25) is 0 Å². The number of imide groups is 1. The number of hydrogen-bond donors (Lipinski definition) is 2. The van der Waals surface area contributed by atoms with Gasteiger partial charge in [0, 0.05) is 89.9 Å². The van der Waals surface area contributed by atoms with Crippen molar-refractivity contribution in [2.75, 3.05) is 44.2 Å². The lowest BCUT2D eigenvalue weighted by molar-refractivity contribution is -0.136. The molecule has 0 atom stereocenters. The molecule has 6 aliphatic heterocycles. The number of rotatable bonds is 7. The average Bonchev–Trinajstić information content (AvgIpc) is 3.43. The predicted molar refractivity (Wildman–Crippen MR) is 188 cm³/mol. The van der Waals surface area contributed by atoms with Gasteiger partial charge in [0.05, 0.1) is 10.5 Å². The van der Waals surface area contributed by atoms with E-state index in [1.165, 1.54) is 34.3 Å². The number of fused-ring (bicyclic) bond motifs is 4. The summed E-state index contributed by atoms with van der Waals surface area (Å²) >= 11 is 0. The number of ether oxygens (including phenoxy) is 1. The summed E-state index contributed by atoms with van der Waals surface area (Å²) in [5.41, 5.74) is 7.29. The Morgan fingerprint density at radius 1 is 0.804 bits per heavy atom. The molecule has 2 amide bonds. The topological polar surface area (TPSA) is 153 Å². The van der Waals surface area contributed by atoms with Crippen LogP contribution in [-0.2, 0) is 55.4 Å². The number of hydrogen-bond acceptors (Lipinski definition) is 8. The molecular weight excluding hydrogens is 693 g/mol. The van der Waals surface area contributed by atoms with Crippen LogP contribution in [0.15, 0.2) is 52.3 Å². The third kappa shape index (κ3) is 5.25. The van der Waals surface area contributed by atoms with Crippen molar-refractivity contribution in [3.05, 3.63) is 86.4 Å². The standard InChI is InChI=1S/C37H36N4O8S2/c42-31-11-12-32(43)41(31)18-13-38-50(44,45)24-9-10-25(30(21-24)51(46,47)48)33-28-19-22-5-1-14-39-16-3-7-26(34(22)39)36(28)49-37-27-8-4-17-40-15-2-6-23(35(27)40)20-29(33)37/h9-12,19-21,38H,1-8,13-18H2/p+1. The molecule has 3 aromatic rings. The Hall–Kier alpha value is -4.37. The van der Waals surface area contributed by atoms with Crippen LogP contribution in [0.1, 0.15) is 59.1 Å². The second kappa shape index (κ2) is 11.8. The summed E-state index contributed by atoms with van der Waals surface area (Å²) in [6.07, 6.45) is 9.52. The summed E-state index contributed by atoms with van der Waals surface area (Å²) < 4.78 is 76.0. The molecule has 9 rings (SSSR count). The molecule has 2 N–H and O–H groups in total. The lowest BCUT2D eigenvalue weighted by Gasteiger charge is -2.39. The van der Waals surface area contributed by atoms with Gasteiger partial charge in [-0.05, 0) is 68.4 Å². The second-order valence-electron chi connectivity index (χ2n) is 14.0. The molecule has 264 valence electrons. The van der Waals surface area contributed by atoms with E-state index in [-0.39, 0.29) is 23.5 Å². The van der Waals surface area contributed by atoms with Gasteiger partial charge in [-0.2, -0.15) is 8.42 Å². The number of amides is 2. The van der Waals surface area contributed by atoms with Gasteiger partial charge in [0.25, 0.3) is 21.9 Å². The van der Waals surface area contributed by atoms with E-state index < -0.39 is 36.9 Å². The van der Waals surface area contributed by atoms with E-state index >= 15 is 0 Å². The molecular formula is C37H37N4O8S2+. The fourth-order valence-corrected chi connectivity index (χ4v) is 10.8. The molecule has 51 heavy (non-hydrogen) atoms. The summed E-state index contributed by atoms with van der Waals surface area (Å²) in [4.78, 5) is 26.3. The van der Waals surface area contributed by atoms with Gasteiger partial charge in [-0.3, -0.25) is 19.0 Å². The van der Waals surface area contributed by atoms with E-state index in [9.17, 15) is 31.0 Å². The highest BCUT2D eigenvalue weighted by molar-refractivity contribution is 7.89. The van der Waals surface area contributed by atoms with Gasteiger partial charge in [-0.25, -0.2) is 17.7 Å². The normalized spacial score (nSPS) is 19.1. The summed E-state index contributed by atoms with van der Waals surface area (Å²) in [6.45, 7) is 3.40. The van der Waals surface area contributed by atoms with Crippen molar-refractivity contribution < 1.29 is 35.7 Å². The third-order valence-electron chi connectivity index (χ3n) is 11.0. The maximum absolute atomic E-state index is 13.5. The highest BCUT2D eigenvalue weighted by Gasteiger charge is 2.37. The van der Waals surface area contributed by atoms with Gasteiger partial charge in [0.1, 0.15) is 29.5 Å². The van der Waals surface area contributed by atoms with Crippen molar-refractivity contribution in [2.45, 2.75) is 61.2 Å². The molecule has 14 heteroatoms. The summed E-state index contributed by atoms with van der Waals surface area (Å²) in [5, 5.41) is 1.95. The molecule has 0 fully saturated rings. The smallest absolute Gasteiger partial charge is 0.295 e. The minimum Gasteiger partial charge on any atom is -0.455 e. The Morgan fingerprint density at radius 3 is 2.27 bits per heavy atom. The molecule has 6 aliphatic rings. The van der Waals surface area contributed by atoms with Crippen molar-refractivity contribution in [1.29, 1.82) is 0 Å². The summed E-state index contributed by atoms with van der Waals surface area (Å²) in [5.74, 6) is 0.314. The molecule has 0 radical (unpaired) electrons. The second-order valence-corrected chi connectivity index (χ2v) is 17.2. The van der Waals surface area contributed by atoms with Crippen LogP contribution in [0.4, 0.5) is 5.69 Å². The molecule has 0 bridgehead atoms. The fourth-order valence-electron chi connectivity index (χ4n) is 8.92. The first-order valence-corrected chi connectivity index (χ1v) is 20.5. The zero-order valence-electron chi connectivity index (χ0n) is 27.9. The van der Waals surface area contributed by atoms with Gasteiger partial charge in [-0.15, -0.1) is 0 Å². The van der Waals surface area contributed by atoms with Gasteiger partial charge in [0.15, 0.2) is 0 Å². The molecule has 0 unspecified atom stereocenters. The number of anilines is 1. The first-order chi connectivity index (χ1) is 24.5. The van der Waals surface area contributed by atoms with Gasteiger partial charge < -0.3 is 9.64 Å². The number of sulfonamides is 1. The van der Waals surface area contributed by atoms with Crippen LogP contribution in [0.5, 0.6) is 11.5 Å². The number of aryl methyl sites for hydroxylation is 2. The highest BCUT2D eigenvalue weighted by Crippen LogP contribution is 2.49.